The highest BCUT2D eigenvalue weighted by Crippen LogP contribution is 2.28. The standard InChI is InChI=1S/C6H6BrNO2S2/c7-1-5-2-12(9,10)3-6(5)11-4-8/h2,6H,1,3H2/t6-/m1/s1. The van der Waals surface area contributed by atoms with Gasteiger partial charge in [-0.1, -0.05) is 15.9 Å². The first-order chi connectivity index (χ1) is 5.59. The molecule has 0 radical (unpaired) electrons. The molecule has 0 unspecified atom stereocenters. The van der Waals surface area contributed by atoms with Crippen molar-refractivity contribution in [1.82, 2.24) is 0 Å². The maximum atomic E-state index is 11.1. The van der Waals surface area contributed by atoms with E-state index >= 15 is 0 Å². The van der Waals surface area contributed by atoms with Crippen molar-refractivity contribution in [2.75, 3.05) is 11.1 Å². The molecule has 0 saturated carbocycles. The van der Waals surface area contributed by atoms with Gasteiger partial charge in [0, 0.05) is 10.7 Å². The van der Waals surface area contributed by atoms with Crippen LogP contribution in [0.3, 0.4) is 0 Å². The third-order valence-electron chi connectivity index (χ3n) is 1.48. The summed E-state index contributed by atoms with van der Waals surface area (Å²) < 4.78 is 22.1. The number of thioether (sulfide) groups is 1. The molecule has 1 atom stereocenters. The highest BCUT2D eigenvalue weighted by atomic mass is 79.9. The molecule has 0 aromatic carbocycles. The van der Waals surface area contributed by atoms with Crippen molar-refractivity contribution in [1.29, 1.82) is 5.26 Å². The van der Waals surface area contributed by atoms with Crippen LogP contribution in [0.25, 0.3) is 0 Å². The molecule has 0 fully saturated rings. The van der Waals surface area contributed by atoms with E-state index < -0.39 is 9.84 Å². The third kappa shape index (κ3) is 2.25. The molecule has 0 N–H and O–H groups in total. The van der Waals surface area contributed by atoms with Crippen molar-refractivity contribution in [3.63, 3.8) is 0 Å². The van der Waals surface area contributed by atoms with Gasteiger partial charge < -0.3 is 0 Å². The lowest BCUT2D eigenvalue weighted by atomic mass is 10.3. The second-order valence-electron chi connectivity index (χ2n) is 2.35. The molecule has 1 rings (SSSR count). The van der Waals surface area contributed by atoms with Gasteiger partial charge in [0.1, 0.15) is 5.40 Å². The maximum absolute atomic E-state index is 11.1. The van der Waals surface area contributed by atoms with Crippen LogP contribution in [0.4, 0.5) is 0 Å². The van der Waals surface area contributed by atoms with E-state index in [9.17, 15) is 8.42 Å². The Bertz CT molecular complexity index is 341. The average Bonchev–Trinajstić information content (AvgIpc) is 2.26. The number of rotatable bonds is 2. The fraction of sp³-hybridized carbons (Fsp3) is 0.500. The predicted molar refractivity (Wildman–Crippen MR) is 52.7 cm³/mol. The zero-order valence-electron chi connectivity index (χ0n) is 6.03. The van der Waals surface area contributed by atoms with E-state index in [1.165, 1.54) is 5.41 Å². The van der Waals surface area contributed by atoms with Crippen LogP contribution in [0, 0.1) is 10.7 Å². The van der Waals surface area contributed by atoms with E-state index in [1.807, 2.05) is 5.40 Å². The molecule has 1 aliphatic rings. The van der Waals surface area contributed by atoms with Crippen molar-refractivity contribution in [3.05, 3.63) is 11.0 Å². The lowest BCUT2D eigenvalue weighted by Gasteiger charge is -2.03. The third-order valence-corrected chi connectivity index (χ3v) is 4.66. The fourth-order valence-electron chi connectivity index (χ4n) is 0.964. The SMILES string of the molecule is N#CS[C@@H]1CS(=O)(=O)C=C1CBr. The molecule has 0 aromatic rings. The summed E-state index contributed by atoms with van der Waals surface area (Å²) in [6.45, 7) is 0. The first-order valence-electron chi connectivity index (χ1n) is 3.13. The van der Waals surface area contributed by atoms with Crippen LogP contribution in [0.15, 0.2) is 11.0 Å². The molecule has 0 amide bonds. The number of alkyl halides is 1. The van der Waals surface area contributed by atoms with Crippen LogP contribution in [-0.2, 0) is 9.84 Å². The topological polar surface area (TPSA) is 57.9 Å². The molecule has 12 heavy (non-hydrogen) atoms. The van der Waals surface area contributed by atoms with E-state index in [0.717, 1.165) is 17.3 Å². The van der Waals surface area contributed by atoms with Gasteiger partial charge in [-0.2, -0.15) is 5.26 Å². The molecular weight excluding hydrogens is 262 g/mol. The van der Waals surface area contributed by atoms with Crippen molar-refractivity contribution in [2.24, 2.45) is 0 Å². The van der Waals surface area contributed by atoms with Gasteiger partial charge in [0.05, 0.1) is 11.0 Å². The zero-order chi connectivity index (χ0) is 9.19. The summed E-state index contributed by atoms with van der Waals surface area (Å²) in [5.74, 6) is 0.0617. The van der Waals surface area contributed by atoms with Gasteiger partial charge in [-0.3, -0.25) is 0 Å². The summed E-state index contributed by atoms with van der Waals surface area (Å²) in [4.78, 5) is 0. The predicted octanol–water partition coefficient (Wildman–Crippen LogP) is 1.28. The Kier molecular flexibility index (Phi) is 3.21. The average molecular weight is 268 g/mol. The monoisotopic (exact) mass is 267 g/mol. The Hall–Kier alpha value is 0.01000. The van der Waals surface area contributed by atoms with E-state index in [2.05, 4.69) is 15.9 Å². The number of thiocyanates is 1. The van der Waals surface area contributed by atoms with Crippen molar-refractivity contribution >= 4 is 37.5 Å². The molecule has 0 aliphatic carbocycles. The summed E-state index contributed by atoms with van der Waals surface area (Å²) in [7, 11) is -3.04. The van der Waals surface area contributed by atoms with Gasteiger partial charge in [0.25, 0.3) is 0 Å². The molecule has 0 saturated heterocycles. The molecular formula is C6H6BrNO2S2. The van der Waals surface area contributed by atoms with Gasteiger partial charge in [-0.25, -0.2) is 8.42 Å². The minimum atomic E-state index is -3.04. The lowest BCUT2D eigenvalue weighted by molar-refractivity contribution is 0.606. The zero-order valence-corrected chi connectivity index (χ0v) is 9.25. The number of hydrogen-bond acceptors (Lipinski definition) is 4. The lowest BCUT2D eigenvalue weighted by Crippen LogP contribution is -2.09. The van der Waals surface area contributed by atoms with Gasteiger partial charge in [-0.15, -0.1) is 0 Å². The Balaban J connectivity index is 2.86. The molecule has 0 bridgehead atoms. The Morgan fingerprint density at radius 3 is 3.00 bits per heavy atom. The summed E-state index contributed by atoms with van der Waals surface area (Å²) in [6, 6.07) is 0. The van der Waals surface area contributed by atoms with Crippen LogP contribution in [0.2, 0.25) is 0 Å². The van der Waals surface area contributed by atoms with E-state index in [-0.39, 0.29) is 11.0 Å². The van der Waals surface area contributed by atoms with Crippen molar-refractivity contribution in [3.8, 4) is 5.40 Å². The van der Waals surface area contributed by atoms with E-state index in [0.29, 0.717) is 5.33 Å². The normalized spacial score (nSPS) is 26.3. The van der Waals surface area contributed by atoms with Crippen LogP contribution in [0.1, 0.15) is 0 Å². The highest BCUT2D eigenvalue weighted by Gasteiger charge is 2.29. The summed E-state index contributed by atoms with van der Waals surface area (Å²) in [5.41, 5.74) is 0.779. The molecule has 0 spiro atoms. The second kappa shape index (κ2) is 3.81. The minimum Gasteiger partial charge on any atom is -0.224 e. The van der Waals surface area contributed by atoms with Crippen molar-refractivity contribution < 1.29 is 8.42 Å². The largest absolute Gasteiger partial charge is 0.224 e. The smallest absolute Gasteiger partial charge is 0.173 e. The minimum absolute atomic E-state index is 0.0617. The fourth-order valence-corrected chi connectivity index (χ4v) is 4.74. The van der Waals surface area contributed by atoms with Crippen LogP contribution < -0.4 is 0 Å². The molecule has 66 valence electrons. The van der Waals surface area contributed by atoms with E-state index in [1.54, 1.807) is 0 Å². The molecule has 3 nitrogen and oxygen atoms in total. The summed E-state index contributed by atoms with van der Waals surface area (Å²) in [6.07, 6.45) is 0. The summed E-state index contributed by atoms with van der Waals surface area (Å²) in [5, 5.41) is 11.9. The summed E-state index contributed by atoms with van der Waals surface area (Å²) >= 11 is 4.18. The molecule has 6 heteroatoms. The maximum Gasteiger partial charge on any atom is 0.173 e. The first-order valence-corrected chi connectivity index (χ1v) is 6.84. The van der Waals surface area contributed by atoms with Crippen LogP contribution in [0.5, 0.6) is 0 Å². The van der Waals surface area contributed by atoms with Gasteiger partial charge in [-0.05, 0) is 17.3 Å². The molecule has 1 aliphatic heterocycles. The second-order valence-corrected chi connectivity index (χ2v) is 5.80. The number of nitriles is 1. The Labute approximate surface area is 83.9 Å². The van der Waals surface area contributed by atoms with E-state index in [4.69, 9.17) is 5.26 Å². The number of hydrogen-bond donors (Lipinski definition) is 0. The number of halogens is 1. The first kappa shape index (κ1) is 10.1. The van der Waals surface area contributed by atoms with Gasteiger partial charge in [0.15, 0.2) is 9.84 Å². The van der Waals surface area contributed by atoms with Crippen LogP contribution >= 0.6 is 27.7 Å². The molecule has 0 aromatic heterocycles. The van der Waals surface area contributed by atoms with Crippen molar-refractivity contribution in [2.45, 2.75) is 5.25 Å². The van der Waals surface area contributed by atoms with Gasteiger partial charge >= 0.3 is 0 Å². The molecule has 1 heterocycles. The quantitative estimate of drug-likeness (QED) is 0.559. The Morgan fingerprint density at radius 1 is 1.83 bits per heavy atom. The Morgan fingerprint density at radius 2 is 2.50 bits per heavy atom. The number of nitrogens with zero attached hydrogens (tertiary/aromatic N) is 1. The van der Waals surface area contributed by atoms with Crippen LogP contribution in [-0.4, -0.2) is 24.8 Å². The highest BCUT2D eigenvalue weighted by molar-refractivity contribution is 9.09. The number of sulfone groups is 1. The van der Waals surface area contributed by atoms with Gasteiger partial charge in [0.2, 0.25) is 0 Å².